The Morgan fingerprint density at radius 2 is 2.55 bits per heavy atom. The molecule has 0 saturated heterocycles. The molecule has 0 amide bonds. The Labute approximate surface area is 70.8 Å². The Hall–Kier alpha value is -0.880. The van der Waals surface area contributed by atoms with Crippen LogP contribution in [-0.4, -0.2) is 16.6 Å². The van der Waals surface area contributed by atoms with Gasteiger partial charge in [-0.1, -0.05) is 0 Å². The van der Waals surface area contributed by atoms with E-state index in [4.69, 9.17) is 5.26 Å². The summed E-state index contributed by atoms with van der Waals surface area (Å²) in [5.41, 5.74) is 0.742. The number of rotatable bonds is 3. The molecule has 0 spiro atoms. The fourth-order valence-electron chi connectivity index (χ4n) is 0.843. The van der Waals surface area contributed by atoms with E-state index >= 15 is 0 Å². The lowest BCUT2D eigenvalue weighted by atomic mass is 10.4. The van der Waals surface area contributed by atoms with E-state index < -0.39 is 0 Å². The predicted octanol–water partition coefficient (Wildman–Crippen LogP) is 1.72. The van der Waals surface area contributed by atoms with Crippen LogP contribution in [0.15, 0.2) is 18.5 Å². The Kier molecular flexibility index (Phi) is 3.06. The number of hydrogen-bond acceptors (Lipinski definition) is 2. The first-order valence-electron chi connectivity index (χ1n) is 3.41. The van der Waals surface area contributed by atoms with Crippen LogP contribution >= 0.6 is 11.8 Å². The molecule has 0 unspecified atom stereocenters. The van der Waals surface area contributed by atoms with Gasteiger partial charge < -0.3 is 4.57 Å². The van der Waals surface area contributed by atoms with Gasteiger partial charge in [-0.3, -0.25) is 0 Å². The van der Waals surface area contributed by atoms with E-state index in [9.17, 15) is 0 Å². The highest BCUT2D eigenvalue weighted by atomic mass is 32.2. The highest BCUT2D eigenvalue weighted by molar-refractivity contribution is 7.98. The van der Waals surface area contributed by atoms with Crippen LogP contribution in [0.3, 0.4) is 0 Å². The second-order valence-corrected chi connectivity index (χ2v) is 3.23. The maximum Gasteiger partial charge on any atom is 0.101 e. The minimum atomic E-state index is 0.742. The van der Waals surface area contributed by atoms with Gasteiger partial charge in [0.25, 0.3) is 0 Å². The lowest BCUT2D eigenvalue weighted by Gasteiger charge is -1.97. The van der Waals surface area contributed by atoms with Crippen molar-refractivity contribution in [1.82, 2.24) is 4.57 Å². The second kappa shape index (κ2) is 4.09. The van der Waals surface area contributed by atoms with Crippen molar-refractivity contribution in [1.29, 1.82) is 5.26 Å². The van der Waals surface area contributed by atoms with Crippen molar-refractivity contribution in [3.05, 3.63) is 24.0 Å². The summed E-state index contributed by atoms with van der Waals surface area (Å²) in [4.78, 5) is 0. The van der Waals surface area contributed by atoms with Gasteiger partial charge in [0, 0.05) is 24.7 Å². The maximum atomic E-state index is 8.51. The van der Waals surface area contributed by atoms with Crippen LogP contribution in [0.1, 0.15) is 5.56 Å². The first-order valence-corrected chi connectivity index (χ1v) is 4.81. The average Bonchev–Trinajstić information content (AvgIpc) is 2.48. The lowest BCUT2D eigenvalue weighted by molar-refractivity contribution is 0.778. The van der Waals surface area contributed by atoms with Gasteiger partial charge in [0.15, 0.2) is 0 Å². The van der Waals surface area contributed by atoms with Crippen LogP contribution in [0, 0.1) is 11.3 Å². The molecule has 11 heavy (non-hydrogen) atoms. The number of thioether (sulfide) groups is 1. The van der Waals surface area contributed by atoms with Gasteiger partial charge in [0.05, 0.1) is 5.56 Å². The van der Waals surface area contributed by atoms with Crippen LogP contribution in [0.5, 0.6) is 0 Å². The van der Waals surface area contributed by atoms with E-state index in [1.807, 2.05) is 34.8 Å². The quantitative estimate of drug-likeness (QED) is 0.684. The summed E-state index contributed by atoms with van der Waals surface area (Å²) in [6.45, 7) is 0.989. The molecule has 0 aliphatic heterocycles. The molecule has 1 aromatic heterocycles. The van der Waals surface area contributed by atoms with Gasteiger partial charge in [-0.15, -0.1) is 0 Å². The molecular formula is C8H10N2S. The molecule has 0 N–H and O–H groups in total. The normalized spacial score (nSPS) is 9.45. The molecule has 0 radical (unpaired) electrons. The summed E-state index contributed by atoms with van der Waals surface area (Å²) >= 11 is 1.81. The minimum absolute atomic E-state index is 0.742. The van der Waals surface area contributed by atoms with Gasteiger partial charge in [0.1, 0.15) is 6.07 Å². The molecule has 0 saturated carbocycles. The number of aryl methyl sites for hydroxylation is 1. The fourth-order valence-corrected chi connectivity index (χ4v) is 1.24. The van der Waals surface area contributed by atoms with Crippen LogP contribution in [0.25, 0.3) is 0 Å². The number of nitriles is 1. The summed E-state index contributed by atoms with van der Waals surface area (Å²) in [5, 5.41) is 8.51. The highest BCUT2D eigenvalue weighted by Crippen LogP contribution is 2.01. The van der Waals surface area contributed by atoms with Gasteiger partial charge >= 0.3 is 0 Å². The van der Waals surface area contributed by atoms with Crippen LogP contribution < -0.4 is 0 Å². The van der Waals surface area contributed by atoms with Gasteiger partial charge in [-0.05, 0) is 12.3 Å². The molecule has 1 aromatic rings. The zero-order valence-corrected chi connectivity index (χ0v) is 7.27. The van der Waals surface area contributed by atoms with E-state index in [2.05, 4.69) is 12.3 Å². The van der Waals surface area contributed by atoms with Crippen molar-refractivity contribution >= 4 is 11.8 Å². The van der Waals surface area contributed by atoms with Crippen molar-refractivity contribution in [3.8, 4) is 6.07 Å². The van der Waals surface area contributed by atoms with E-state index in [1.165, 1.54) is 0 Å². The Morgan fingerprint density at radius 1 is 1.73 bits per heavy atom. The van der Waals surface area contributed by atoms with Crippen molar-refractivity contribution in [2.45, 2.75) is 6.54 Å². The summed E-state index contributed by atoms with van der Waals surface area (Å²) in [6, 6.07) is 3.93. The second-order valence-electron chi connectivity index (χ2n) is 2.24. The summed E-state index contributed by atoms with van der Waals surface area (Å²) in [5.74, 6) is 1.10. The van der Waals surface area contributed by atoms with Gasteiger partial charge in [-0.25, -0.2) is 0 Å². The fraction of sp³-hybridized carbons (Fsp3) is 0.375. The number of aromatic nitrogens is 1. The first kappa shape index (κ1) is 8.22. The third kappa shape index (κ3) is 2.32. The molecule has 2 nitrogen and oxygen atoms in total. The van der Waals surface area contributed by atoms with Crippen molar-refractivity contribution < 1.29 is 0 Å². The molecule has 0 aliphatic carbocycles. The molecule has 1 heterocycles. The van der Waals surface area contributed by atoms with Gasteiger partial charge in [0.2, 0.25) is 0 Å². The first-order chi connectivity index (χ1) is 5.36. The molecule has 0 aromatic carbocycles. The molecule has 0 aliphatic rings. The largest absolute Gasteiger partial charge is 0.352 e. The standard InChI is InChI=1S/C8H10N2S/c1-11-5-4-10-3-2-8(6-9)7-10/h2-3,7H,4-5H2,1H3. The molecule has 58 valence electrons. The summed E-state index contributed by atoms with van der Waals surface area (Å²) in [6.07, 6.45) is 5.89. The Morgan fingerprint density at radius 3 is 3.09 bits per heavy atom. The summed E-state index contributed by atoms with van der Waals surface area (Å²) in [7, 11) is 0. The van der Waals surface area contributed by atoms with Crippen LogP contribution in [0.4, 0.5) is 0 Å². The van der Waals surface area contributed by atoms with Crippen molar-refractivity contribution in [2.75, 3.05) is 12.0 Å². The lowest BCUT2D eigenvalue weighted by Crippen LogP contribution is -1.95. The number of hydrogen-bond donors (Lipinski definition) is 0. The third-order valence-corrected chi connectivity index (χ3v) is 2.02. The molecule has 0 bridgehead atoms. The zero-order chi connectivity index (χ0) is 8.10. The number of nitrogens with zero attached hydrogens (tertiary/aromatic N) is 2. The SMILES string of the molecule is CSCCn1ccc(C#N)c1. The molecule has 3 heteroatoms. The van der Waals surface area contributed by atoms with Crippen molar-refractivity contribution in [3.63, 3.8) is 0 Å². The molecule has 1 rings (SSSR count). The maximum absolute atomic E-state index is 8.51. The monoisotopic (exact) mass is 166 g/mol. The van der Waals surface area contributed by atoms with Crippen molar-refractivity contribution in [2.24, 2.45) is 0 Å². The topological polar surface area (TPSA) is 28.7 Å². The minimum Gasteiger partial charge on any atom is -0.352 e. The predicted molar refractivity (Wildman–Crippen MR) is 47.5 cm³/mol. The Balaban J connectivity index is 2.53. The van der Waals surface area contributed by atoms with Crippen LogP contribution in [-0.2, 0) is 6.54 Å². The third-order valence-electron chi connectivity index (χ3n) is 1.43. The zero-order valence-electron chi connectivity index (χ0n) is 6.45. The van der Waals surface area contributed by atoms with E-state index in [0.29, 0.717) is 0 Å². The highest BCUT2D eigenvalue weighted by Gasteiger charge is 1.93. The van der Waals surface area contributed by atoms with E-state index in [1.54, 1.807) is 0 Å². The summed E-state index contributed by atoms with van der Waals surface area (Å²) < 4.78 is 2.04. The Bertz CT molecular complexity index is 259. The molecular weight excluding hydrogens is 156 g/mol. The van der Waals surface area contributed by atoms with Crippen LogP contribution in [0.2, 0.25) is 0 Å². The van der Waals surface area contributed by atoms with Gasteiger partial charge in [-0.2, -0.15) is 17.0 Å². The smallest absolute Gasteiger partial charge is 0.101 e. The molecule has 0 fully saturated rings. The van der Waals surface area contributed by atoms with E-state index in [-0.39, 0.29) is 0 Å². The van der Waals surface area contributed by atoms with E-state index in [0.717, 1.165) is 17.9 Å². The average molecular weight is 166 g/mol. The molecule has 0 atom stereocenters.